The molecule has 5 nitrogen and oxygen atoms in total. The van der Waals surface area contributed by atoms with E-state index in [1.54, 1.807) is 23.0 Å². The van der Waals surface area contributed by atoms with E-state index in [4.69, 9.17) is 0 Å². The number of fused-ring (bicyclic) bond motifs is 2. The number of halogens is 1. The molecule has 3 heterocycles. The third-order valence-corrected chi connectivity index (χ3v) is 4.48. The zero-order valence-corrected chi connectivity index (χ0v) is 13.9. The van der Waals surface area contributed by atoms with Crippen LogP contribution in [0.2, 0.25) is 0 Å². The van der Waals surface area contributed by atoms with Crippen molar-refractivity contribution in [1.82, 2.24) is 25.0 Å². The molecule has 0 unspecified atom stereocenters. The molecule has 1 N–H and O–H groups in total. The maximum Gasteiger partial charge on any atom is 0.123 e. The zero-order valence-electron chi connectivity index (χ0n) is 13.9. The molecule has 0 spiro atoms. The highest BCUT2D eigenvalue weighted by atomic mass is 19.1. The summed E-state index contributed by atoms with van der Waals surface area (Å²) in [6.07, 6.45) is 1.80. The molecule has 0 aliphatic rings. The minimum atomic E-state index is -0.271. The van der Waals surface area contributed by atoms with Gasteiger partial charge in [-0.3, -0.25) is 5.10 Å². The second-order valence-electron chi connectivity index (χ2n) is 6.25. The van der Waals surface area contributed by atoms with Crippen molar-refractivity contribution in [2.45, 2.75) is 6.92 Å². The monoisotopic (exact) mass is 343 g/mol. The quantitative estimate of drug-likeness (QED) is 0.517. The lowest BCUT2D eigenvalue weighted by molar-refractivity contribution is 0.628. The number of H-pyrrole nitrogens is 1. The molecule has 0 aliphatic carbocycles. The Balaban J connectivity index is 1.83. The van der Waals surface area contributed by atoms with Crippen LogP contribution < -0.4 is 0 Å². The number of rotatable bonds is 2. The fraction of sp³-hybridized carbons (Fsp3) is 0.0500. The lowest BCUT2D eigenvalue weighted by atomic mass is 9.99. The van der Waals surface area contributed by atoms with Gasteiger partial charge in [0.05, 0.1) is 22.9 Å². The first-order valence-corrected chi connectivity index (χ1v) is 8.25. The molecule has 6 heteroatoms. The Hall–Kier alpha value is -3.54. The minimum absolute atomic E-state index is 0.271. The van der Waals surface area contributed by atoms with Gasteiger partial charge in [0, 0.05) is 16.5 Å². The van der Waals surface area contributed by atoms with Crippen LogP contribution in [0.25, 0.3) is 38.8 Å². The summed E-state index contributed by atoms with van der Waals surface area (Å²) < 4.78 is 15.0. The predicted octanol–water partition coefficient (Wildman–Crippen LogP) is 4.39. The Morgan fingerprint density at radius 3 is 2.58 bits per heavy atom. The van der Waals surface area contributed by atoms with Crippen LogP contribution in [0.15, 0.2) is 60.8 Å². The van der Waals surface area contributed by atoms with Gasteiger partial charge in [0.2, 0.25) is 0 Å². The molecule has 126 valence electrons. The molecule has 0 fully saturated rings. The van der Waals surface area contributed by atoms with Gasteiger partial charge in [0.1, 0.15) is 11.5 Å². The molecule has 0 saturated carbocycles. The number of aromatic nitrogens is 5. The molecule has 0 bridgehead atoms. The van der Waals surface area contributed by atoms with Crippen molar-refractivity contribution in [3.05, 3.63) is 72.3 Å². The second-order valence-corrected chi connectivity index (χ2v) is 6.25. The summed E-state index contributed by atoms with van der Waals surface area (Å²) in [6.45, 7) is 1.93. The Bertz CT molecular complexity index is 1250. The molecular formula is C20H14FN5. The number of aromatic amines is 1. The predicted molar refractivity (Wildman–Crippen MR) is 98.2 cm³/mol. The Kier molecular flexibility index (Phi) is 3.12. The molecule has 5 aromatic rings. The number of hydrogen-bond acceptors (Lipinski definition) is 3. The number of nitrogens with zero attached hydrogens (tertiary/aromatic N) is 4. The van der Waals surface area contributed by atoms with Crippen molar-refractivity contribution in [2.24, 2.45) is 0 Å². The van der Waals surface area contributed by atoms with Gasteiger partial charge in [0.15, 0.2) is 0 Å². The van der Waals surface area contributed by atoms with Crippen LogP contribution in [-0.2, 0) is 0 Å². The van der Waals surface area contributed by atoms with Gasteiger partial charge >= 0.3 is 0 Å². The first-order valence-electron chi connectivity index (χ1n) is 8.25. The van der Waals surface area contributed by atoms with E-state index in [-0.39, 0.29) is 5.82 Å². The van der Waals surface area contributed by atoms with Gasteiger partial charge in [-0.05, 0) is 61.0 Å². The van der Waals surface area contributed by atoms with Gasteiger partial charge in [-0.15, -0.1) is 5.10 Å². The van der Waals surface area contributed by atoms with Gasteiger partial charge in [0.25, 0.3) is 0 Å². The van der Waals surface area contributed by atoms with Crippen molar-refractivity contribution in [2.75, 3.05) is 0 Å². The smallest absolute Gasteiger partial charge is 0.123 e. The Morgan fingerprint density at radius 1 is 0.923 bits per heavy atom. The molecule has 0 aliphatic heterocycles. The highest BCUT2D eigenvalue weighted by Crippen LogP contribution is 2.36. The average Bonchev–Trinajstić information content (AvgIpc) is 3.25. The number of hydrogen-bond donors (Lipinski definition) is 1. The van der Waals surface area contributed by atoms with E-state index in [1.165, 1.54) is 12.1 Å². The number of nitrogens with one attached hydrogen (secondary N) is 1. The molecule has 26 heavy (non-hydrogen) atoms. The number of aryl methyl sites for hydroxylation is 1. The molecule has 5 rings (SSSR count). The Labute approximate surface area is 148 Å². The van der Waals surface area contributed by atoms with Crippen molar-refractivity contribution in [3.63, 3.8) is 0 Å². The largest absolute Gasteiger partial charge is 0.278 e. The fourth-order valence-corrected chi connectivity index (χ4v) is 3.22. The zero-order chi connectivity index (χ0) is 17.7. The highest BCUT2D eigenvalue weighted by Gasteiger charge is 2.18. The summed E-state index contributed by atoms with van der Waals surface area (Å²) in [5, 5.41) is 17.2. The van der Waals surface area contributed by atoms with E-state index in [9.17, 15) is 4.39 Å². The molecule has 0 saturated heterocycles. The summed E-state index contributed by atoms with van der Waals surface area (Å²) >= 11 is 0. The van der Waals surface area contributed by atoms with Gasteiger partial charge in [-0.2, -0.15) is 14.8 Å². The van der Waals surface area contributed by atoms with Crippen LogP contribution in [0.3, 0.4) is 0 Å². The van der Waals surface area contributed by atoms with E-state index in [2.05, 4.69) is 26.5 Å². The van der Waals surface area contributed by atoms with Crippen LogP contribution in [0, 0.1) is 12.7 Å². The molecule has 0 radical (unpaired) electrons. The number of benzene rings is 2. The van der Waals surface area contributed by atoms with Crippen LogP contribution in [0.4, 0.5) is 4.39 Å². The van der Waals surface area contributed by atoms with E-state index in [1.807, 2.05) is 31.2 Å². The summed E-state index contributed by atoms with van der Waals surface area (Å²) in [4.78, 5) is 0. The van der Waals surface area contributed by atoms with Crippen molar-refractivity contribution < 1.29 is 4.39 Å². The van der Waals surface area contributed by atoms with Crippen molar-refractivity contribution in [3.8, 4) is 22.4 Å². The third kappa shape index (κ3) is 2.27. The van der Waals surface area contributed by atoms with Gasteiger partial charge in [-0.25, -0.2) is 4.39 Å². The molecule has 0 atom stereocenters. The van der Waals surface area contributed by atoms with Gasteiger partial charge in [-0.1, -0.05) is 6.07 Å². The van der Waals surface area contributed by atoms with E-state index < -0.39 is 0 Å². The fourth-order valence-electron chi connectivity index (χ4n) is 3.22. The van der Waals surface area contributed by atoms with Crippen molar-refractivity contribution >= 4 is 16.4 Å². The van der Waals surface area contributed by atoms with Crippen LogP contribution in [0.1, 0.15) is 5.69 Å². The van der Waals surface area contributed by atoms with Crippen LogP contribution in [0.5, 0.6) is 0 Å². The first kappa shape index (κ1) is 14.8. The van der Waals surface area contributed by atoms with Crippen LogP contribution in [-0.4, -0.2) is 25.0 Å². The van der Waals surface area contributed by atoms with E-state index in [0.717, 1.165) is 44.5 Å². The normalized spacial score (nSPS) is 11.5. The standard InChI is InChI=1S/C20H14FN5/c1-12-2-9-18-19(14-5-8-17-15(10-14)11-22-23-17)20(25-26(18)24-12)13-3-6-16(21)7-4-13/h2-11H,1H3,(H,22,23). The summed E-state index contributed by atoms with van der Waals surface area (Å²) in [5.41, 5.74) is 6.34. The van der Waals surface area contributed by atoms with Gasteiger partial charge < -0.3 is 0 Å². The lowest BCUT2D eigenvalue weighted by Gasteiger charge is -2.04. The summed E-state index contributed by atoms with van der Waals surface area (Å²) in [6, 6.07) is 16.4. The maximum atomic E-state index is 13.4. The minimum Gasteiger partial charge on any atom is -0.278 e. The first-order chi connectivity index (χ1) is 12.7. The third-order valence-electron chi connectivity index (χ3n) is 4.48. The molecule has 3 aromatic heterocycles. The molecular weight excluding hydrogens is 329 g/mol. The Morgan fingerprint density at radius 2 is 1.73 bits per heavy atom. The molecule has 2 aromatic carbocycles. The SMILES string of the molecule is Cc1ccc2c(-c3ccc4[nH]ncc4c3)c(-c3ccc(F)cc3)nn2n1. The van der Waals surface area contributed by atoms with E-state index in [0.29, 0.717) is 0 Å². The highest BCUT2D eigenvalue weighted by molar-refractivity contribution is 5.95. The van der Waals surface area contributed by atoms with Crippen molar-refractivity contribution in [1.29, 1.82) is 0 Å². The summed E-state index contributed by atoms with van der Waals surface area (Å²) in [5.74, 6) is -0.271. The lowest BCUT2D eigenvalue weighted by Crippen LogP contribution is -1.95. The molecule has 0 amide bonds. The topological polar surface area (TPSA) is 58.9 Å². The van der Waals surface area contributed by atoms with E-state index >= 15 is 0 Å². The van der Waals surface area contributed by atoms with Crippen LogP contribution >= 0.6 is 0 Å². The maximum absolute atomic E-state index is 13.4. The summed E-state index contributed by atoms with van der Waals surface area (Å²) in [7, 11) is 0. The average molecular weight is 343 g/mol. The second kappa shape index (κ2) is 5.49.